The second-order valence-electron chi connectivity index (χ2n) is 10.5. The van der Waals surface area contributed by atoms with Gasteiger partial charge in [0.25, 0.3) is 0 Å². The number of rotatable bonds is 14. The Bertz CT molecular complexity index is 1640. The van der Waals surface area contributed by atoms with Gasteiger partial charge < -0.3 is 9.47 Å². The first-order valence-corrected chi connectivity index (χ1v) is 14.7. The fourth-order valence-corrected chi connectivity index (χ4v) is 4.77. The molecule has 0 amide bonds. The predicted octanol–water partition coefficient (Wildman–Crippen LogP) is 9.47. The van der Waals surface area contributed by atoms with Gasteiger partial charge >= 0.3 is 11.9 Å². The zero-order valence-electron chi connectivity index (χ0n) is 24.5. The van der Waals surface area contributed by atoms with Gasteiger partial charge in [-0.3, -0.25) is 9.59 Å². The summed E-state index contributed by atoms with van der Waals surface area (Å²) in [6.45, 7) is 0. The molecule has 0 aliphatic heterocycles. The first kappa shape index (κ1) is 32.9. The number of halogens is 4. The van der Waals surface area contributed by atoms with Crippen molar-refractivity contribution in [1.29, 1.82) is 5.26 Å². The minimum atomic E-state index is -0.939. The number of nitrogens with zero attached hydrogens (tertiary/aromatic N) is 1. The molecule has 9 heteroatoms. The summed E-state index contributed by atoms with van der Waals surface area (Å²) < 4.78 is 66.0. The van der Waals surface area contributed by atoms with Gasteiger partial charge in [0.05, 0.1) is 0 Å². The van der Waals surface area contributed by atoms with Gasteiger partial charge in [0, 0.05) is 24.5 Å². The fourth-order valence-electron chi connectivity index (χ4n) is 4.77. The second kappa shape index (κ2) is 16.2. The number of benzene rings is 4. The van der Waals surface area contributed by atoms with Crippen LogP contribution in [0.1, 0.15) is 63.4 Å². The van der Waals surface area contributed by atoms with Gasteiger partial charge in [-0.1, -0.05) is 56.4 Å². The molecule has 4 aromatic rings. The van der Waals surface area contributed by atoms with E-state index in [9.17, 15) is 27.2 Å². The van der Waals surface area contributed by atoms with Crippen molar-refractivity contribution in [1.82, 2.24) is 0 Å². The zero-order chi connectivity index (χ0) is 32.2. The van der Waals surface area contributed by atoms with Crippen molar-refractivity contribution >= 4 is 11.9 Å². The molecule has 0 aliphatic carbocycles. The highest BCUT2D eigenvalue weighted by molar-refractivity contribution is 5.74. The van der Waals surface area contributed by atoms with E-state index in [4.69, 9.17) is 14.7 Å². The Balaban J connectivity index is 1.06. The maximum Gasteiger partial charge on any atom is 0.311 e. The smallest absolute Gasteiger partial charge is 0.311 e. The van der Waals surface area contributed by atoms with Gasteiger partial charge in [0.15, 0.2) is 0 Å². The standard InChI is InChI=1S/C36H31F4NO4/c37-27-14-10-25(11-15-27)30-19-18-29(22-34(30)40)45-36(43)9-7-5-3-1-2-4-6-8-35(42)44-28-16-12-24(13-17-28)26-20-32(38)31(23-41)33(39)21-26/h10-22H,1-9H2. The Labute approximate surface area is 259 Å². The molecule has 5 nitrogen and oxygen atoms in total. The maximum atomic E-state index is 14.5. The van der Waals surface area contributed by atoms with Crippen LogP contribution in [0.2, 0.25) is 0 Å². The summed E-state index contributed by atoms with van der Waals surface area (Å²) in [5.74, 6) is -3.22. The number of unbranched alkanes of at least 4 members (excludes halogenated alkanes) is 6. The molecular weight excluding hydrogens is 586 g/mol. The third-order valence-corrected chi connectivity index (χ3v) is 7.16. The van der Waals surface area contributed by atoms with Crippen LogP contribution in [0, 0.1) is 34.6 Å². The first-order chi connectivity index (χ1) is 21.7. The van der Waals surface area contributed by atoms with Crippen molar-refractivity contribution in [2.24, 2.45) is 0 Å². The molecule has 0 radical (unpaired) electrons. The summed E-state index contributed by atoms with van der Waals surface area (Å²) >= 11 is 0. The van der Waals surface area contributed by atoms with Crippen LogP contribution in [0.15, 0.2) is 78.9 Å². The Morgan fingerprint density at radius 1 is 0.556 bits per heavy atom. The third-order valence-electron chi connectivity index (χ3n) is 7.16. The van der Waals surface area contributed by atoms with E-state index in [0.717, 1.165) is 50.3 Å². The van der Waals surface area contributed by atoms with E-state index in [2.05, 4.69) is 0 Å². The maximum absolute atomic E-state index is 14.5. The molecule has 0 aromatic heterocycles. The summed E-state index contributed by atoms with van der Waals surface area (Å²) in [5, 5.41) is 8.80. The lowest BCUT2D eigenvalue weighted by atomic mass is 10.0. The number of esters is 2. The van der Waals surface area contributed by atoms with Gasteiger partial charge in [-0.15, -0.1) is 0 Å². The Kier molecular flexibility index (Phi) is 11.9. The van der Waals surface area contributed by atoms with E-state index in [0.29, 0.717) is 29.7 Å². The van der Waals surface area contributed by atoms with Crippen molar-refractivity contribution < 1.29 is 36.6 Å². The highest BCUT2D eigenvalue weighted by atomic mass is 19.1. The molecule has 4 rings (SSSR count). The molecule has 0 fully saturated rings. The van der Waals surface area contributed by atoms with Gasteiger partial charge in [-0.25, -0.2) is 17.6 Å². The van der Waals surface area contributed by atoms with Crippen LogP contribution in [-0.4, -0.2) is 11.9 Å². The van der Waals surface area contributed by atoms with Crippen LogP contribution in [0.3, 0.4) is 0 Å². The molecule has 0 saturated carbocycles. The minimum absolute atomic E-state index is 0.121. The summed E-state index contributed by atoms with van der Waals surface area (Å²) in [5.41, 5.74) is 0.961. The van der Waals surface area contributed by atoms with Gasteiger partial charge in [0.1, 0.15) is 46.4 Å². The Morgan fingerprint density at radius 2 is 1.04 bits per heavy atom. The molecule has 232 valence electrons. The largest absolute Gasteiger partial charge is 0.427 e. The topological polar surface area (TPSA) is 76.4 Å². The van der Waals surface area contributed by atoms with E-state index in [-0.39, 0.29) is 35.7 Å². The van der Waals surface area contributed by atoms with Crippen LogP contribution in [0.25, 0.3) is 22.3 Å². The Morgan fingerprint density at radius 3 is 1.58 bits per heavy atom. The monoisotopic (exact) mass is 617 g/mol. The molecule has 0 atom stereocenters. The molecule has 0 aliphatic rings. The van der Waals surface area contributed by atoms with E-state index < -0.39 is 34.8 Å². The molecule has 0 N–H and O–H groups in total. The fraction of sp³-hybridized carbons (Fsp3) is 0.250. The highest BCUT2D eigenvalue weighted by Gasteiger charge is 2.13. The third kappa shape index (κ3) is 9.77. The number of hydrogen-bond donors (Lipinski definition) is 0. The average Bonchev–Trinajstić information content (AvgIpc) is 3.01. The molecule has 0 bridgehead atoms. The highest BCUT2D eigenvalue weighted by Crippen LogP contribution is 2.28. The number of carbonyl (C=O) groups is 2. The summed E-state index contributed by atoms with van der Waals surface area (Å²) in [6.07, 6.45) is 6.30. The lowest BCUT2D eigenvalue weighted by Crippen LogP contribution is -2.08. The zero-order valence-corrected chi connectivity index (χ0v) is 24.5. The van der Waals surface area contributed by atoms with Crippen LogP contribution in [0.5, 0.6) is 11.5 Å². The number of ether oxygens (including phenoxy) is 2. The normalized spacial score (nSPS) is 10.7. The van der Waals surface area contributed by atoms with Crippen molar-refractivity contribution in [3.8, 4) is 39.8 Å². The van der Waals surface area contributed by atoms with Gasteiger partial charge in [0.2, 0.25) is 0 Å². The Hall–Kier alpha value is -4.97. The molecule has 45 heavy (non-hydrogen) atoms. The van der Waals surface area contributed by atoms with Crippen LogP contribution >= 0.6 is 0 Å². The summed E-state index contributed by atoms with van der Waals surface area (Å²) in [4.78, 5) is 24.3. The number of hydrogen-bond acceptors (Lipinski definition) is 5. The molecule has 0 saturated heterocycles. The number of carbonyl (C=O) groups excluding carboxylic acids is 2. The predicted molar refractivity (Wildman–Crippen MR) is 161 cm³/mol. The lowest BCUT2D eigenvalue weighted by Gasteiger charge is -2.08. The van der Waals surface area contributed by atoms with Crippen molar-refractivity contribution in [3.05, 3.63) is 108 Å². The summed E-state index contributed by atoms with van der Waals surface area (Å²) in [7, 11) is 0. The van der Waals surface area contributed by atoms with Crippen LogP contribution in [-0.2, 0) is 9.59 Å². The van der Waals surface area contributed by atoms with E-state index >= 15 is 0 Å². The average molecular weight is 618 g/mol. The summed E-state index contributed by atoms with van der Waals surface area (Å²) in [6, 6.07) is 19.5. The van der Waals surface area contributed by atoms with Crippen molar-refractivity contribution in [2.45, 2.75) is 57.8 Å². The first-order valence-electron chi connectivity index (χ1n) is 14.7. The van der Waals surface area contributed by atoms with Crippen molar-refractivity contribution in [2.75, 3.05) is 0 Å². The van der Waals surface area contributed by atoms with E-state index in [1.54, 1.807) is 24.3 Å². The molecule has 0 heterocycles. The number of nitriles is 1. The van der Waals surface area contributed by atoms with Crippen molar-refractivity contribution in [3.63, 3.8) is 0 Å². The van der Waals surface area contributed by atoms with E-state index in [1.165, 1.54) is 42.5 Å². The molecular formula is C36H31F4NO4. The molecule has 4 aromatic carbocycles. The lowest BCUT2D eigenvalue weighted by molar-refractivity contribution is -0.135. The second-order valence-corrected chi connectivity index (χ2v) is 10.5. The van der Waals surface area contributed by atoms with Gasteiger partial charge in [-0.2, -0.15) is 5.26 Å². The van der Waals surface area contributed by atoms with Crippen LogP contribution in [0.4, 0.5) is 17.6 Å². The SMILES string of the molecule is N#Cc1c(F)cc(-c2ccc(OC(=O)CCCCCCCCCC(=O)Oc3ccc(-c4ccc(F)cc4)c(F)c3)cc2)cc1F. The van der Waals surface area contributed by atoms with Crippen LogP contribution < -0.4 is 9.47 Å². The van der Waals surface area contributed by atoms with Gasteiger partial charge in [-0.05, 0) is 78.1 Å². The molecule has 0 spiro atoms. The quantitative estimate of drug-likeness (QED) is 0.0610. The van der Waals surface area contributed by atoms with E-state index in [1.807, 2.05) is 0 Å². The minimum Gasteiger partial charge on any atom is -0.427 e. The molecule has 0 unspecified atom stereocenters.